The third-order valence-electron chi connectivity index (χ3n) is 4.28. The summed E-state index contributed by atoms with van der Waals surface area (Å²) in [5.41, 5.74) is 3.18. The summed E-state index contributed by atoms with van der Waals surface area (Å²) in [5, 5.41) is 19.1. The van der Waals surface area contributed by atoms with Crippen LogP contribution in [0.25, 0.3) is 0 Å². The van der Waals surface area contributed by atoms with E-state index in [1.165, 1.54) is 22.0 Å². The molecule has 2 N–H and O–H groups in total. The molecule has 1 aromatic heterocycles. The Kier molecular flexibility index (Phi) is 4.88. The second-order valence-corrected chi connectivity index (χ2v) is 6.07. The number of fused-ring (bicyclic) bond motifs is 1. The zero-order chi connectivity index (χ0) is 16.9. The zero-order valence-electron chi connectivity index (χ0n) is 13.3. The average Bonchev–Trinajstić information content (AvgIpc) is 3.00. The van der Waals surface area contributed by atoms with Crippen LogP contribution in [0.2, 0.25) is 0 Å². The first-order valence-electron chi connectivity index (χ1n) is 8.07. The molecular weight excluding hydrogens is 308 g/mol. The average molecular weight is 328 g/mol. The van der Waals surface area contributed by atoms with E-state index < -0.39 is 5.97 Å². The first-order valence-corrected chi connectivity index (χ1v) is 8.07. The SMILES string of the molecule is O=C(O)Cn1cc(CNC(=O)CC2CCCc3ccccc32)nn1. The number of nitrogens with one attached hydrogen (secondary N) is 1. The van der Waals surface area contributed by atoms with Crippen LogP contribution in [0.5, 0.6) is 0 Å². The summed E-state index contributed by atoms with van der Waals surface area (Å²) in [6, 6.07) is 8.32. The Bertz CT molecular complexity index is 741. The van der Waals surface area contributed by atoms with E-state index in [-0.39, 0.29) is 24.9 Å². The Morgan fingerprint density at radius 3 is 3.00 bits per heavy atom. The number of aryl methyl sites for hydroxylation is 1. The van der Waals surface area contributed by atoms with Crippen LogP contribution in [0.15, 0.2) is 30.5 Å². The molecule has 0 bridgehead atoms. The van der Waals surface area contributed by atoms with Gasteiger partial charge in [0, 0.05) is 6.42 Å². The first-order chi connectivity index (χ1) is 11.6. The monoisotopic (exact) mass is 328 g/mol. The van der Waals surface area contributed by atoms with Gasteiger partial charge in [0.05, 0.1) is 12.7 Å². The first kappa shape index (κ1) is 16.2. The molecule has 2 aromatic rings. The van der Waals surface area contributed by atoms with Crippen LogP contribution in [-0.2, 0) is 29.1 Å². The molecule has 7 heteroatoms. The van der Waals surface area contributed by atoms with Crippen molar-refractivity contribution in [2.24, 2.45) is 0 Å². The molecule has 7 nitrogen and oxygen atoms in total. The number of amides is 1. The maximum absolute atomic E-state index is 12.2. The van der Waals surface area contributed by atoms with Crippen molar-refractivity contribution in [2.75, 3.05) is 0 Å². The topological polar surface area (TPSA) is 97.1 Å². The van der Waals surface area contributed by atoms with Crippen LogP contribution in [-0.4, -0.2) is 32.0 Å². The second kappa shape index (κ2) is 7.25. The third-order valence-corrected chi connectivity index (χ3v) is 4.28. The number of carbonyl (C=O) groups excluding carboxylic acids is 1. The molecular formula is C17H20N4O3. The minimum atomic E-state index is -0.980. The third kappa shape index (κ3) is 3.98. The molecule has 1 unspecified atom stereocenters. The number of carbonyl (C=O) groups is 2. The number of benzene rings is 1. The van der Waals surface area contributed by atoms with Gasteiger partial charge in [-0.1, -0.05) is 29.5 Å². The van der Waals surface area contributed by atoms with Crippen LogP contribution in [0, 0.1) is 0 Å². The number of hydrogen-bond donors (Lipinski definition) is 2. The van der Waals surface area contributed by atoms with Gasteiger partial charge in [-0.25, -0.2) is 4.68 Å². The van der Waals surface area contributed by atoms with Gasteiger partial charge < -0.3 is 10.4 Å². The van der Waals surface area contributed by atoms with Crippen molar-refractivity contribution < 1.29 is 14.7 Å². The smallest absolute Gasteiger partial charge is 0.325 e. The Morgan fingerprint density at radius 2 is 2.17 bits per heavy atom. The van der Waals surface area contributed by atoms with Crippen molar-refractivity contribution in [3.8, 4) is 0 Å². The lowest BCUT2D eigenvalue weighted by atomic mass is 9.81. The number of nitrogens with zero attached hydrogens (tertiary/aromatic N) is 3. The molecule has 0 aliphatic heterocycles. The van der Waals surface area contributed by atoms with Crippen molar-refractivity contribution in [3.05, 3.63) is 47.3 Å². The standard InChI is InChI=1S/C17H20N4O3/c22-16(18-9-14-10-21(20-19-14)11-17(23)24)8-13-6-3-5-12-4-1-2-7-15(12)13/h1-2,4,7,10,13H,3,5-6,8-9,11H2,(H,18,22)(H,23,24). The Balaban J connectivity index is 1.53. The van der Waals surface area contributed by atoms with E-state index >= 15 is 0 Å². The number of carboxylic acids is 1. The van der Waals surface area contributed by atoms with Crippen LogP contribution >= 0.6 is 0 Å². The van der Waals surface area contributed by atoms with Gasteiger partial charge in [0.1, 0.15) is 12.2 Å². The maximum Gasteiger partial charge on any atom is 0.325 e. The molecule has 1 aliphatic rings. The molecule has 126 valence electrons. The lowest BCUT2D eigenvalue weighted by molar-refractivity contribution is -0.138. The quantitative estimate of drug-likeness (QED) is 0.837. The van der Waals surface area contributed by atoms with Crippen LogP contribution < -0.4 is 5.32 Å². The number of carboxylic acid groups (broad SMARTS) is 1. The van der Waals surface area contributed by atoms with Gasteiger partial charge in [-0.2, -0.15) is 0 Å². The van der Waals surface area contributed by atoms with E-state index in [0.717, 1.165) is 19.3 Å². The highest BCUT2D eigenvalue weighted by Crippen LogP contribution is 2.33. The van der Waals surface area contributed by atoms with E-state index in [9.17, 15) is 9.59 Å². The van der Waals surface area contributed by atoms with E-state index in [0.29, 0.717) is 12.1 Å². The number of rotatable bonds is 6. The van der Waals surface area contributed by atoms with Gasteiger partial charge >= 0.3 is 5.97 Å². The summed E-state index contributed by atoms with van der Waals surface area (Å²) in [6.07, 6.45) is 5.21. The molecule has 24 heavy (non-hydrogen) atoms. The van der Waals surface area contributed by atoms with Gasteiger partial charge in [-0.05, 0) is 36.3 Å². The molecule has 1 amide bonds. The van der Waals surface area contributed by atoms with Gasteiger partial charge in [-0.3, -0.25) is 9.59 Å². The highest BCUT2D eigenvalue weighted by molar-refractivity contribution is 5.77. The molecule has 0 fully saturated rings. The molecule has 0 saturated heterocycles. The van der Waals surface area contributed by atoms with Crippen molar-refractivity contribution in [1.29, 1.82) is 0 Å². The largest absolute Gasteiger partial charge is 0.480 e. The van der Waals surface area contributed by atoms with Crippen LogP contribution in [0.1, 0.15) is 42.0 Å². The van der Waals surface area contributed by atoms with Crippen molar-refractivity contribution in [2.45, 2.75) is 44.7 Å². The lowest BCUT2D eigenvalue weighted by Gasteiger charge is -2.24. The fourth-order valence-corrected chi connectivity index (χ4v) is 3.19. The molecule has 0 saturated carbocycles. The summed E-state index contributed by atoms with van der Waals surface area (Å²) in [7, 11) is 0. The lowest BCUT2D eigenvalue weighted by Crippen LogP contribution is -2.26. The van der Waals surface area contributed by atoms with E-state index in [1.54, 1.807) is 0 Å². The van der Waals surface area contributed by atoms with Gasteiger partial charge in [0.25, 0.3) is 0 Å². The van der Waals surface area contributed by atoms with E-state index in [1.807, 2.05) is 12.1 Å². The highest BCUT2D eigenvalue weighted by Gasteiger charge is 2.22. The molecule has 1 aromatic carbocycles. The van der Waals surface area contributed by atoms with E-state index in [4.69, 9.17) is 5.11 Å². The summed E-state index contributed by atoms with van der Waals surface area (Å²) in [5.74, 6) is -0.742. The number of aliphatic carboxylic acids is 1. The second-order valence-electron chi connectivity index (χ2n) is 6.07. The predicted molar refractivity (Wildman–Crippen MR) is 86.2 cm³/mol. The Labute approximate surface area is 139 Å². The summed E-state index contributed by atoms with van der Waals surface area (Å²) < 4.78 is 1.24. The fourth-order valence-electron chi connectivity index (χ4n) is 3.19. The summed E-state index contributed by atoms with van der Waals surface area (Å²) in [4.78, 5) is 22.8. The number of hydrogen-bond acceptors (Lipinski definition) is 4. The molecule has 0 radical (unpaired) electrons. The maximum atomic E-state index is 12.2. The molecule has 1 atom stereocenters. The predicted octanol–water partition coefficient (Wildman–Crippen LogP) is 1.49. The zero-order valence-corrected chi connectivity index (χ0v) is 13.3. The van der Waals surface area contributed by atoms with Gasteiger partial charge in [0.15, 0.2) is 0 Å². The highest BCUT2D eigenvalue weighted by atomic mass is 16.4. The summed E-state index contributed by atoms with van der Waals surface area (Å²) in [6.45, 7) is 0.0205. The van der Waals surface area contributed by atoms with Gasteiger partial charge in [-0.15, -0.1) is 5.10 Å². The van der Waals surface area contributed by atoms with Crippen LogP contribution in [0.4, 0.5) is 0 Å². The Morgan fingerprint density at radius 1 is 1.33 bits per heavy atom. The fraction of sp³-hybridized carbons (Fsp3) is 0.412. The normalized spacial score (nSPS) is 16.4. The molecule has 3 rings (SSSR count). The number of aromatic nitrogens is 3. The van der Waals surface area contributed by atoms with Crippen molar-refractivity contribution in [1.82, 2.24) is 20.3 Å². The molecule has 1 heterocycles. The van der Waals surface area contributed by atoms with Gasteiger partial charge in [0.2, 0.25) is 5.91 Å². The summed E-state index contributed by atoms with van der Waals surface area (Å²) >= 11 is 0. The van der Waals surface area contributed by atoms with Crippen molar-refractivity contribution >= 4 is 11.9 Å². The van der Waals surface area contributed by atoms with Crippen molar-refractivity contribution in [3.63, 3.8) is 0 Å². The molecule has 0 spiro atoms. The Hall–Kier alpha value is -2.70. The minimum Gasteiger partial charge on any atom is -0.480 e. The molecule has 1 aliphatic carbocycles. The van der Waals surface area contributed by atoms with Crippen LogP contribution in [0.3, 0.4) is 0 Å². The van der Waals surface area contributed by atoms with E-state index in [2.05, 4.69) is 27.8 Å². The minimum absolute atomic E-state index is 0.0236.